The number of amides is 1. The van der Waals surface area contributed by atoms with Gasteiger partial charge in [-0.1, -0.05) is 6.42 Å². The van der Waals surface area contributed by atoms with Gasteiger partial charge in [-0.3, -0.25) is 9.69 Å². The van der Waals surface area contributed by atoms with E-state index in [0.717, 1.165) is 26.1 Å². The Kier molecular flexibility index (Phi) is 3.85. The van der Waals surface area contributed by atoms with Gasteiger partial charge in [-0.25, -0.2) is 0 Å². The average molecular weight is 251 g/mol. The van der Waals surface area contributed by atoms with Gasteiger partial charge in [0.2, 0.25) is 5.91 Å². The minimum absolute atomic E-state index is 0.107. The van der Waals surface area contributed by atoms with Gasteiger partial charge in [-0.05, 0) is 51.7 Å². The average Bonchev–Trinajstić information content (AvgIpc) is 3.09. The largest absolute Gasteiger partial charge is 0.340 e. The molecule has 3 aliphatic heterocycles. The summed E-state index contributed by atoms with van der Waals surface area (Å²) in [7, 11) is 0. The van der Waals surface area contributed by atoms with E-state index in [9.17, 15) is 4.79 Å². The molecule has 1 N–H and O–H groups in total. The molecule has 0 aliphatic carbocycles. The van der Waals surface area contributed by atoms with Crippen LogP contribution in [0, 0.1) is 0 Å². The van der Waals surface area contributed by atoms with Crippen molar-refractivity contribution in [1.82, 2.24) is 15.1 Å². The fourth-order valence-electron chi connectivity index (χ4n) is 3.63. The monoisotopic (exact) mass is 251 g/mol. The first-order valence-electron chi connectivity index (χ1n) is 7.61. The summed E-state index contributed by atoms with van der Waals surface area (Å²) in [5.41, 5.74) is 0. The number of nitrogens with zero attached hydrogens (tertiary/aromatic N) is 2. The fourth-order valence-corrected chi connectivity index (χ4v) is 3.63. The van der Waals surface area contributed by atoms with Gasteiger partial charge in [-0.2, -0.15) is 0 Å². The van der Waals surface area contributed by atoms with E-state index < -0.39 is 0 Å². The Hall–Kier alpha value is -0.610. The molecule has 102 valence electrons. The van der Waals surface area contributed by atoms with Gasteiger partial charge in [0.15, 0.2) is 0 Å². The first-order chi connectivity index (χ1) is 8.84. The lowest BCUT2D eigenvalue weighted by atomic mass is 10.0. The van der Waals surface area contributed by atoms with Gasteiger partial charge < -0.3 is 10.2 Å². The second-order valence-electron chi connectivity index (χ2n) is 5.97. The lowest BCUT2D eigenvalue weighted by Gasteiger charge is -2.28. The van der Waals surface area contributed by atoms with E-state index in [-0.39, 0.29) is 6.04 Å². The Bertz CT molecular complexity index is 295. The van der Waals surface area contributed by atoms with Crippen LogP contribution < -0.4 is 5.32 Å². The summed E-state index contributed by atoms with van der Waals surface area (Å²) in [4.78, 5) is 17.1. The Balaban J connectivity index is 1.52. The number of carbonyl (C=O) groups is 1. The van der Waals surface area contributed by atoms with Crippen molar-refractivity contribution < 1.29 is 4.79 Å². The Labute approximate surface area is 110 Å². The van der Waals surface area contributed by atoms with Crippen LogP contribution in [-0.4, -0.2) is 60.5 Å². The summed E-state index contributed by atoms with van der Waals surface area (Å²) < 4.78 is 0. The number of piperidine rings is 1. The molecule has 0 aromatic rings. The maximum atomic E-state index is 12.4. The highest BCUT2D eigenvalue weighted by atomic mass is 16.2. The summed E-state index contributed by atoms with van der Waals surface area (Å²) in [6, 6.07) is 0.746. The molecule has 3 aliphatic rings. The van der Waals surface area contributed by atoms with Crippen molar-refractivity contribution in [2.45, 2.75) is 50.6 Å². The smallest absolute Gasteiger partial charge is 0.239 e. The van der Waals surface area contributed by atoms with Crippen LogP contribution in [0.5, 0.6) is 0 Å². The van der Waals surface area contributed by atoms with Crippen molar-refractivity contribution in [3.63, 3.8) is 0 Å². The second-order valence-corrected chi connectivity index (χ2v) is 5.97. The Morgan fingerprint density at radius 3 is 2.56 bits per heavy atom. The van der Waals surface area contributed by atoms with E-state index in [1.807, 2.05) is 0 Å². The zero-order chi connectivity index (χ0) is 12.4. The van der Waals surface area contributed by atoms with Crippen LogP contribution in [0.4, 0.5) is 0 Å². The van der Waals surface area contributed by atoms with Crippen LogP contribution in [0.3, 0.4) is 0 Å². The molecule has 4 nitrogen and oxygen atoms in total. The fraction of sp³-hybridized carbons (Fsp3) is 0.929. The van der Waals surface area contributed by atoms with Gasteiger partial charge in [0.05, 0.1) is 6.04 Å². The van der Waals surface area contributed by atoms with Crippen molar-refractivity contribution >= 4 is 5.91 Å². The SMILES string of the molecule is O=C([C@@H]1CCCCN1)N1CCC(N2CCCC2)C1. The third kappa shape index (κ3) is 2.54. The molecule has 1 unspecified atom stereocenters. The van der Waals surface area contributed by atoms with Crippen LogP contribution in [0.2, 0.25) is 0 Å². The number of carbonyl (C=O) groups excluding carboxylic acids is 1. The lowest BCUT2D eigenvalue weighted by molar-refractivity contribution is -0.133. The summed E-state index contributed by atoms with van der Waals surface area (Å²) in [5.74, 6) is 0.358. The molecule has 3 rings (SSSR count). The number of rotatable bonds is 2. The van der Waals surface area contributed by atoms with Gasteiger partial charge in [-0.15, -0.1) is 0 Å². The van der Waals surface area contributed by atoms with Crippen LogP contribution in [0.25, 0.3) is 0 Å². The lowest BCUT2D eigenvalue weighted by Crippen LogP contribution is -2.48. The molecule has 0 saturated carbocycles. The van der Waals surface area contributed by atoms with E-state index in [4.69, 9.17) is 0 Å². The summed E-state index contributed by atoms with van der Waals surface area (Å²) >= 11 is 0. The van der Waals surface area contributed by atoms with Gasteiger partial charge in [0.1, 0.15) is 0 Å². The third-order valence-electron chi connectivity index (χ3n) is 4.74. The maximum Gasteiger partial charge on any atom is 0.239 e. The highest BCUT2D eigenvalue weighted by molar-refractivity contribution is 5.82. The molecular formula is C14H25N3O. The number of likely N-dealkylation sites (tertiary alicyclic amines) is 2. The zero-order valence-corrected chi connectivity index (χ0v) is 11.2. The molecule has 2 atom stereocenters. The van der Waals surface area contributed by atoms with E-state index >= 15 is 0 Å². The molecule has 0 spiro atoms. The minimum atomic E-state index is 0.107. The minimum Gasteiger partial charge on any atom is -0.340 e. The molecule has 3 saturated heterocycles. The van der Waals surface area contributed by atoms with Crippen LogP contribution in [0.15, 0.2) is 0 Å². The topological polar surface area (TPSA) is 35.6 Å². The van der Waals surface area contributed by atoms with E-state index in [1.54, 1.807) is 0 Å². The number of hydrogen-bond donors (Lipinski definition) is 1. The standard InChI is InChI=1S/C14H25N3O/c18-14(13-5-1-2-7-15-13)17-10-6-12(11-17)16-8-3-4-9-16/h12-13,15H,1-11H2/t12?,13-/m0/s1. The van der Waals surface area contributed by atoms with Crippen LogP contribution in [0.1, 0.15) is 38.5 Å². The zero-order valence-electron chi connectivity index (χ0n) is 11.2. The van der Waals surface area contributed by atoms with Crippen molar-refractivity contribution in [3.8, 4) is 0 Å². The van der Waals surface area contributed by atoms with Crippen LogP contribution in [-0.2, 0) is 4.79 Å². The first kappa shape index (κ1) is 12.4. The normalized spacial score (nSPS) is 34.1. The van der Waals surface area contributed by atoms with Crippen LogP contribution >= 0.6 is 0 Å². The van der Waals surface area contributed by atoms with E-state index in [2.05, 4.69) is 15.1 Å². The summed E-state index contributed by atoms with van der Waals surface area (Å²) in [6.07, 6.45) is 7.32. The number of nitrogens with one attached hydrogen (secondary N) is 1. The first-order valence-corrected chi connectivity index (χ1v) is 7.61. The number of hydrogen-bond acceptors (Lipinski definition) is 3. The Morgan fingerprint density at radius 1 is 1.00 bits per heavy atom. The molecule has 0 aromatic carbocycles. The summed E-state index contributed by atoms with van der Waals surface area (Å²) in [6.45, 7) is 5.44. The van der Waals surface area contributed by atoms with Crippen molar-refractivity contribution in [2.75, 3.05) is 32.7 Å². The molecule has 0 radical (unpaired) electrons. The van der Waals surface area contributed by atoms with E-state index in [1.165, 1.54) is 45.2 Å². The molecule has 4 heteroatoms. The molecular weight excluding hydrogens is 226 g/mol. The molecule has 3 fully saturated rings. The third-order valence-corrected chi connectivity index (χ3v) is 4.74. The highest BCUT2D eigenvalue weighted by Crippen LogP contribution is 2.21. The molecule has 0 bridgehead atoms. The molecule has 0 aromatic heterocycles. The van der Waals surface area contributed by atoms with Gasteiger partial charge >= 0.3 is 0 Å². The quantitative estimate of drug-likeness (QED) is 0.789. The predicted molar refractivity (Wildman–Crippen MR) is 71.4 cm³/mol. The van der Waals surface area contributed by atoms with Crippen molar-refractivity contribution in [3.05, 3.63) is 0 Å². The van der Waals surface area contributed by atoms with Gasteiger partial charge in [0, 0.05) is 19.1 Å². The summed E-state index contributed by atoms with van der Waals surface area (Å²) in [5, 5.41) is 3.38. The second kappa shape index (κ2) is 5.57. The van der Waals surface area contributed by atoms with E-state index in [0.29, 0.717) is 11.9 Å². The van der Waals surface area contributed by atoms with Crippen molar-refractivity contribution in [1.29, 1.82) is 0 Å². The molecule has 1 amide bonds. The maximum absolute atomic E-state index is 12.4. The highest BCUT2D eigenvalue weighted by Gasteiger charge is 2.34. The van der Waals surface area contributed by atoms with Gasteiger partial charge in [0.25, 0.3) is 0 Å². The van der Waals surface area contributed by atoms with Crippen molar-refractivity contribution in [2.24, 2.45) is 0 Å². The predicted octanol–water partition coefficient (Wildman–Crippen LogP) is 0.825. The molecule has 3 heterocycles. The Morgan fingerprint density at radius 2 is 1.83 bits per heavy atom. The molecule has 18 heavy (non-hydrogen) atoms.